The summed E-state index contributed by atoms with van der Waals surface area (Å²) in [5.74, 6) is -0.788. The molecule has 0 saturated heterocycles. The van der Waals surface area contributed by atoms with E-state index in [1.54, 1.807) is 19.2 Å². The lowest BCUT2D eigenvalue weighted by Crippen LogP contribution is -2.29. The molecule has 0 unspecified atom stereocenters. The van der Waals surface area contributed by atoms with Crippen molar-refractivity contribution >= 4 is 0 Å². The van der Waals surface area contributed by atoms with Gasteiger partial charge in [-0.3, -0.25) is 0 Å². The molecule has 2 atom stereocenters. The van der Waals surface area contributed by atoms with Crippen LogP contribution < -0.4 is 0 Å². The number of ether oxygens (including phenoxy) is 2. The predicted octanol–water partition coefficient (Wildman–Crippen LogP) is 9.26. The van der Waals surface area contributed by atoms with Gasteiger partial charge in [0.15, 0.2) is 0 Å². The minimum atomic E-state index is -4.94. The maximum Gasteiger partial charge on any atom is 0.416 e. The fraction of sp³-hybridized carbons (Fsp3) is 0.471. The quantitative estimate of drug-likeness (QED) is 0.194. The van der Waals surface area contributed by atoms with Crippen molar-refractivity contribution in [3.63, 3.8) is 0 Å². The van der Waals surface area contributed by atoms with Gasteiger partial charge in [-0.25, -0.2) is 4.39 Å². The Morgan fingerprint density at radius 3 is 2.11 bits per heavy atom. The summed E-state index contributed by atoms with van der Waals surface area (Å²) in [4.78, 5) is 2.10. The molecule has 0 fully saturated rings. The highest BCUT2D eigenvalue weighted by molar-refractivity contribution is 5.46. The fourth-order valence-electron chi connectivity index (χ4n) is 6.08. The molecule has 4 rings (SSSR count). The second-order valence-corrected chi connectivity index (χ2v) is 11.7. The maximum absolute atomic E-state index is 13.9. The molecule has 2 aromatic carbocycles. The number of hydrogen-bond acceptors (Lipinski definition) is 3. The summed E-state index contributed by atoms with van der Waals surface area (Å²) in [6, 6.07) is 7.55. The monoisotopic (exact) mass is 625 g/mol. The van der Waals surface area contributed by atoms with Crippen LogP contribution in [0.25, 0.3) is 0 Å². The highest BCUT2D eigenvalue weighted by atomic mass is 19.4. The largest absolute Gasteiger partial charge is 0.416 e. The maximum atomic E-state index is 13.9. The van der Waals surface area contributed by atoms with Gasteiger partial charge in [0.05, 0.1) is 23.8 Å². The molecule has 240 valence electrons. The fourth-order valence-corrected chi connectivity index (χ4v) is 6.08. The summed E-state index contributed by atoms with van der Waals surface area (Å²) in [7, 11) is 5.68. The van der Waals surface area contributed by atoms with Crippen LogP contribution >= 0.6 is 0 Å². The van der Waals surface area contributed by atoms with Gasteiger partial charge < -0.3 is 14.4 Å². The van der Waals surface area contributed by atoms with Crippen molar-refractivity contribution in [2.45, 2.75) is 69.5 Å². The molecule has 0 bridgehead atoms. The van der Waals surface area contributed by atoms with E-state index < -0.39 is 42.0 Å². The first-order valence-corrected chi connectivity index (χ1v) is 14.7. The number of likely N-dealkylation sites (N-methyl/N-ethyl adjacent to an activating group) is 1. The number of alkyl halides is 6. The van der Waals surface area contributed by atoms with E-state index in [-0.39, 0.29) is 17.5 Å². The Bertz CT molecular complexity index is 1340. The molecule has 0 spiro atoms. The van der Waals surface area contributed by atoms with Crippen molar-refractivity contribution in [2.75, 3.05) is 34.4 Å². The third-order valence-corrected chi connectivity index (χ3v) is 8.15. The molecule has 0 amide bonds. The lowest BCUT2D eigenvalue weighted by Gasteiger charge is -2.36. The van der Waals surface area contributed by atoms with E-state index in [1.165, 1.54) is 28.9 Å². The minimum Gasteiger partial charge on any atom is -0.385 e. The van der Waals surface area contributed by atoms with E-state index >= 15 is 0 Å². The van der Waals surface area contributed by atoms with Gasteiger partial charge in [-0.2, -0.15) is 26.3 Å². The Hall–Kier alpha value is -2.95. The SMILES string of the molecule is COCCC/C1=C(CN(C)C)/C=C\C2=C(CC1)CC[C@H](OCc1cc(C(F)(F)F)cc(C(F)(F)F)c1)[C@H]2c1ccc(F)cc1. The number of rotatable bonds is 10. The van der Waals surface area contributed by atoms with Crippen LogP contribution in [0.1, 0.15) is 66.7 Å². The second kappa shape index (κ2) is 14.4. The normalized spacial score (nSPS) is 22.2. The van der Waals surface area contributed by atoms with Gasteiger partial charge in [0.25, 0.3) is 0 Å². The Labute approximate surface area is 254 Å². The average molecular weight is 626 g/mol. The summed E-state index contributed by atoms with van der Waals surface area (Å²) in [6.07, 6.45) is -1.57. The second-order valence-electron chi connectivity index (χ2n) is 11.7. The van der Waals surface area contributed by atoms with Gasteiger partial charge in [-0.05, 0) is 105 Å². The van der Waals surface area contributed by atoms with Crippen molar-refractivity contribution in [1.29, 1.82) is 0 Å². The first-order chi connectivity index (χ1) is 20.8. The molecule has 0 aromatic heterocycles. The molecule has 44 heavy (non-hydrogen) atoms. The molecule has 0 saturated carbocycles. The lowest BCUT2D eigenvalue weighted by molar-refractivity contribution is -0.143. The first kappa shape index (κ1) is 33.9. The van der Waals surface area contributed by atoms with Gasteiger partial charge in [0.1, 0.15) is 5.82 Å². The first-order valence-electron chi connectivity index (χ1n) is 14.7. The van der Waals surface area contributed by atoms with Crippen LogP contribution in [0.4, 0.5) is 30.7 Å². The van der Waals surface area contributed by atoms with E-state index in [1.807, 2.05) is 14.1 Å². The molecular weight excluding hydrogens is 587 g/mol. The Balaban J connectivity index is 1.69. The van der Waals surface area contributed by atoms with Crippen LogP contribution in [0.2, 0.25) is 0 Å². The van der Waals surface area contributed by atoms with Gasteiger partial charge in [-0.1, -0.05) is 35.4 Å². The Kier molecular flexibility index (Phi) is 11.1. The number of nitrogens with zero attached hydrogens (tertiary/aromatic N) is 1. The predicted molar refractivity (Wildman–Crippen MR) is 155 cm³/mol. The van der Waals surface area contributed by atoms with E-state index in [9.17, 15) is 30.7 Å². The number of benzene rings is 2. The smallest absolute Gasteiger partial charge is 0.385 e. The number of halogens is 7. The minimum absolute atomic E-state index is 0.115. The summed E-state index contributed by atoms with van der Waals surface area (Å²) in [5.41, 5.74) is 2.59. The van der Waals surface area contributed by atoms with Crippen LogP contribution in [0, 0.1) is 5.82 Å². The van der Waals surface area contributed by atoms with Gasteiger partial charge in [-0.15, -0.1) is 0 Å². The average Bonchev–Trinajstić information content (AvgIpc) is 2.94. The number of hydrogen-bond donors (Lipinski definition) is 0. The molecule has 3 nitrogen and oxygen atoms in total. The number of allylic oxidation sites excluding steroid dienone is 3. The zero-order valence-electron chi connectivity index (χ0n) is 25.1. The Morgan fingerprint density at radius 2 is 1.52 bits per heavy atom. The Morgan fingerprint density at radius 1 is 0.864 bits per heavy atom. The van der Waals surface area contributed by atoms with Gasteiger partial charge >= 0.3 is 12.4 Å². The van der Waals surface area contributed by atoms with E-state index in [0.29, 0.717) is 31.6 Å². The van der Waals surface area contributed by atoms with Crippen LogP contribution in [0.15, 0.2) is 76.9 Å². The van der Waals surface area contributed by atoms with Crippen LogP contribution in [0.3, 0.4) is 0 Å². The number of methoxy groups -OCH3 is 1. The molecular formula is C34H38F7NO2. The van der Waals surface area contributed by atoms with Gasteiger partial charge in [0, 0.05) is 26.2 Å². The third kappa shape index (κ3) is 8.82. The van der Waals surface area contributed by atoms with Crippen LogP contribution in [0.5, 0.6) is 0 Å². The molecule has 2 aliphatic carbocycles. The highest BCUT2D eigenvalue weighted by Crippen LogP contribution is 2.44. The standard InChI is InChI=1S/C34H38F7NO2/c1-42(2)20-26-10-14-30-24(7-6-23(26)5-4-16-43-3)11-15-31(32(30)25-8-12-29(35)13-9-25)44-21-22-17-27(33(36,37)38)19-28(18-22)34(39,40)41/h8-10,12-14,17-19,31-32H,4-7,11,15-16,20-21H2,1-3H3/b14-10-,26-23+/t31-,32-/m0/s1. The summed E-state index contributed by atoms with van der Waals surface area (Å²) >= 11 is 0. The van der Waals surface area contributed by atoms with E-state index in [2.05, 4.69) is 17.1 Å². The molecule has 2 aromatic rings. The van der Waals surface area contributed by atoms with Gasteiger partial charge in [0.2, 0.25) is 0 Å². The summed E-state index contributed by atoms with van der Waals surface area (Å²) < 4.78 is 106. The van der Waals surface area contributed by atoms with E-state index in [0.717, 1.165) is 43.4 Å². The van der Waals surface area contributed by atoms with Crippen LogP contribution in [-0.4, -0.2) is 45.4 Å². The van der Waals surface area contributed by atoms with E-state index in [4.69, 9.17) is 9.47 Å². The molecule has 0 radical (unpaired) electrons. The highest BCUT2D eigenvalue weighted by Gasteiger charge is 2.38. The molecule has 0 aliphatic heterocycles. The van der Waals surface area contributed by atoms with Crippen molar-refractivity contribution in [3.8, 4) is 0 Å². The third-order valence-electron chi connectivity index (χ3n) is 8.15. The molecule has 0 heterocycles. The van der Waals surface area contributed by atoms with Crippen LogP contribution in [-0.2, 0) is 28.4 Å². The molecule has 10 heteroatoms. The van der Waals surface area contributed by atoms with Crippen molar-refractivity contribution in [3.05, 3.63) is 105 Å². The summed E-state index contributed by atoms with van der Waals surface area (Å²) in [5, 5.41) is 0. The molecule has 2 aliphatic rings. The summed E-state index contributed by atoms with van der Waals surface area (Å²) in [6.45, 7) is 0.967. The zero-order valence-corrected chi connectivity index (χ0v) is 25.1. The lowest BCUT2D eigenvalue weighted by atomic mass is 9.74. The van der Waals surface area contributed by atoms with Crippen molar-refractivity contribution < 1.29 is 40.2 Å². The zero-order chi connectivity index (χ0) is 32.1. The van der Waals surface area contributed by atoms with Crippen molar-refractivity contribution in [2.24, 2.45) is 0 Å². The molecule has 0 N–H and O–H groups in total. The topological polar surface area (TPSA) is 21.7 Å². The van der Waals surface area contributed by atoms with Crippen molar-refractivity contribution in [1.82, 2.24) is 4.90 Å².